The van der Waals surface area contributed by atoms with E-state index in [1.54, 1.807) is 0 Å². The van der Waals surface area contributed by atoms with Crippen LogP contribution in [-0.2, 0) is 0 Å². The summed E-state index contributed by atoms with van der Waals surface area (Å²) in [7, 11) is 0. The Bertz CT molecular complexity index is 131. The molecule has 0 atom stereocenters. The molecule has 0 bridgehead atoms. The Morgan fingerprint density at radius 3 is 2.00 bits per heavy atom. The van der Waals surface area contributed by atoms with Crippen molar-refractivity contribution in [3.63, 3.8) is 0 Å². The predicted octanol–water partition coefficient (Wildman–Crippen LogP) is 1.70. The maximum absolute atomic E-state index is 3.51. The van der Waals surface area contributed by atoms with Crippen molar-refractivity contribution in [3.05, 3.63) is 0 Å². The van der Waals surface area contributed by atoms with Crippen LogP contribution in [-0.4, -0.2) is 31.8 Å². The zero-order valence-corrected chi connectivity index (χ0v) is 10.9. The molecule has 0 aromatic carbocycles. The summed E-state index contributed by atoms with van der Waals surface area (Å²) in [6, 6.07) is 0. The molecule has 15 heavy (non-hydrogen) atoms. The van der Waals surface area contributed by atoms with Crippen molar-refractivity contribution in [2.24, 2.45) is 0 Å². The van der Waals surface area contributed by atoms with Gasteiger partial charge in [-0.2, -0.15) is 0 Å². The molecule has 3 heteroatoms. The molecule has 3 nitrogen and oxygen atoms in total. The number of hydrogen-bond acceptors (Lipinski definition) is 3. The molecule has 0 rings (SSSR count). The summed E-state index contributed by atoms with van der Waals surface area (Å²) in [5.74, 6) is 0. The number of rotatable bonds is 10. The molecule has 0 radical (unpaired) electrons. The third-order valence-corrected chi connectivity index (χ3v) is 2.59. The van der Waals surface area contributed by atoms with Crippen LogP contribution in [0.4, 0.5) is 0 Å². The van der Waals surface area contributed by atoms with Gasteiger partial charge in [-0.1, -0.05) is 20.8 Å². The van der Waals surface area contributed by atoms with Crippen molar-refractivity contribution in [1.82, 2.24) is 16.0 Å². The van der Waals surface area contributed by atoms with E-state index in [1.807, 2.05) is 0 Å². The fourth-order valence-corrected chi connectivity index (χ4v) is 1.89. The first-order valence-electron chi connectivity index (χ1n) is 6.39. The molecule has 0 heterocycles. The highest BCUT2D eigenvalue weighted by molar-refractivity contribution is 4.79. The first-order chi connectivity index (χ1) is 7.18. The number of nitrogens with one attached hydrogen (secondary N) is 3. The quantitative estimate of drug-likeness (QED) is 0.383. The van der Waals surface area contributed by atoms with E-state index in [2.05, 4.69) is 43.6 Å². The van der Waals surface area contributed by atoms with E-state index < -0.39 is 0 Å². The highest BCUT2D eigenvalue weighted by Crippen LogP contribution is 2.07. The van der Waals surface area contributed by atoms with Gasteiger partial charge in [-0.25, -0.2) is 0 Å². The van der Waals surface area contributed by atoms with Crippen LogP contribution in [0.5, 0.6) is 0 Å². The van der Waals surface area contributed by atoms with Crippen molar-refractivity contribution in [1.29, 1.82) is 0 Å². The van der Waals surface area contributed by atoms with Crippen LogP contribution in [0.3, 0.4) is 0 Å². The first kappa shape index (κ1) is 14.9. The second-order valence-electron chi connectivity index (χ2n) is 4.25. The smallest absolute Gasteiger partial charge is 0.0658 e. The molecule has 0 fully saturated rings. The maximum Gasteiger partial charge on any atom is 0.0658 e. The summed E-state index contributed by atoms with van der Waals surface area (Å²) in [5.41, 5.74) is 0.109. The molecule has 0 aliphatic rings. The van der Waals surface area contributed by atoms with Gasteiger partial charge in [0.05, 0.1) is 5.66 Å². The summed E-state index contributed by atoms with van der Waals surface area (Å²) >= 11 is 0. The average Bonchev–Trinajstić information content (AvgIpc) is 2.18. The van der Waals surface area contributed by atoms with Gasteiger partial charge in [-0.15, -0.1) is 0 Å². The van der Waals surface area contributed by atoms with Gasteiger partial charge in [-0.3, -0.25) is 10.6 Å². The normalized spacial score (nSPS) is 12.0. The molecule has 3 N–H and O–H groups in total. The highest BCUT2D eigenvalue weighted by atomic mass is 15.2. The first-order valence-corrected chi connectivity index (χ1v) is 6.39. The van der Waals surface area contributed by atoms with Crippen LogP contribution in [0.1, 0.15) is 47.0 Å². The van der Waals surface area contributed by atoms with E-state index in [-0.39, 0.29) is 5.66 Å². The number of hydrogen-bond donors (Lipinski definition) is 3. The second-order valence-corrected chi connectivity index (χ2v) is 4.25. The van der Waals surface area contributed by atoms with E-state index in [0.29, 0.717) is 0 Å². The van der Waals surface area contributed by atoms with Gasteiger partial charge in [0.1, 0.15) is 0 Å². The van der Waals surface area contributed by atoms with E-state index >= 15 is 0 Å². The molecule has 92 valence electrons. The molecule has 0 spiro atoms. The Morgan fingerprint density at radius 2 is 1.53 bits per heavy atom. The van der Waals surface area contributed by atoms with Gasteiger partial charge in [-0.05, 0) is 52.4 Å². The summed E-state index contributed by atoms with van der Waals surface area (Å²) < 4.78 is 0. The summed E-state index contributed by atoms with van der Waals surface area (Å²) in [5, 5.41) is 10.5. The SMILES string of the molecule is CCCNCCCC(C)(NCC)NCC. The monoisotopic (exact) mass is 215 g/mol. The van der Waals surface area contributed by atoms with E-state index in [1.165, 1.54) is 19.3 Å². The van der Waals surface area contributed by atoms with Crippen molar-refractivity contribution in [3.8, 4) is 0 Å². The lowest BCUT2D eigenvalue weighted by Crippen LogP contribution is -2.54. The van der Waals surface area contributed by atoms with Crippen molar-refractivity contribution in [2.75, 3.05) is 26.2 Å². The van der Waals surface area contributed by atoms with Gasteiger partial charge in [0.25, 0.3) is 0 Å². The third-order valence-electron chi connectivity index (χ3n) is 2.59. The van der Waals surface area contributed by atoms with E-state index in [9.17, 15) is 0 Å². The van der Waals surface area contributed by atoms with E-state index in [0.717, 1.165) is 26.2 Å². The molecule has 0 amide bonds. The minimum Gasteiger partial charge on any atom is -0.317 e. The predicted molar refractivity (Wildman–Crippen MR) is 68.2 cm³/mol. The minimum atomic E-state index is 0.109. The van der Waals surface area contributed by atoms with Crippen LogP contribution in [0, 0.1) is 0 Å². The van der Waals surface area contributed by atoms with Gasteiger partial charge >= 0.3 is 0 Å². The second kappa shape index (κ2) is 9.13. The Labute approximate surface area is 95.4 Å². The van der Waals surface area contributed by atoms with Crippen molar-refractivity contribution in [2.45, 2.75) is 52.6 Å². The van der Waals surface area contributed by atoms with Gasteiger partial charge in [0.15, 0.2) is 0 Å². The van der Waals surface area contributed by atoms with E-state index in [4.69, 9.17) is 0 Å². The fraction of sp³-hybridized carbons (Fsp3) is 1.00. The highest BCUT2D eigenvalue weighted by Gasteiger charge is 2.19. The van der Waals surface area contributed by atoms with Crippen LogP contribution >= 0.6 is 0 Å². The zero-order chi connectivity index (χ0) is 11.6. The average molecular weight is 215 g/mol. The Balaban J connectivity index is 3.65. The lowest BCUT2D eigenvalue weighted by atomic mass is 10.1. The van der Waals surface area contributed by atoms with Crippen LogP contribution < -0.4 is 16.0 Å². The largest absolute Gasteiger partial charge is 0.317 e. The summed E-state index contributed by atoms with van der Waals surface area (Å²) in [6.45, 7) is 13.1. The Kier molecular flexibility index (Phi) is 9.06. The van der Waals surface area contributed by atoms with Crippen molar-refractivity contribution >= 4 is 0 Å². The van der Waals surface area contributed by atoms with Crippen molar-refractivity contribution < 1.29 is 0 Å². The Hall–Kier alpha value is -0.120. The molecule has 0 saturated heterocycles. The molecule has 0 aliphatic heterocycles. The summed E-state index contributed by atoms with van der Waals surface area (Å²) in [6.07, 6.45) is 3.61. The molecular weight excluding hydrogens is 186 g/mol. The maximum atomic E-state index is 3.51. The lowest BCUT2D eigenvalue weighted by Gasteiger charge is -2.31. The van der Waals surface area contributed by atoms with Gasteiger partial charge in [0, 0.05) is 0 Å². The van der Waals surface area contributed by atoms with Gasteiger partial charge < -0.3 is 5.32 Å². The van der Waals surface area contributed by atoms with Crippen LogP contribution in [0.2, 0.25) is 0 Å². The molecule has 0 aliphatic carbocycles. The standard InChI is InChI=1S/C12H29N3/c1-5-10-13-11-8-9-12(4,14-6-2)15-7-3/h13-15H,5-11H2,1-4H3. The zero-order valence-electron chi connectivity index (χ0n) is 10.9. The molecule has 0 saturated carbocycles. The van der Waals surface area contributed by atoms with Crippen LogP contribution in [0.15, 0.2) is 0 Å². The fourth-order valence-electron chi connectivity index (χ4n) is 1.89. The third kappa shape index (κ3) is 7.77. The molecular formula is C12H29N3. The topological polar surface area (TPSA) is 36.1 Å². The molecule has 0 aromatic heterocycles. The molecule has 0 aromatic rings. The lowest BCUT2D eigenvalue weighted by molar-refractivity contribution is 0.266. The Morgan fingerprint density at radius 1 is 0.933 bits per heavy atom. The van der Waals surface area contributed by atoms with Crippen LogP contribution in [0.25, 0.3) is 0 Å². The minimum absolute atomic E-state index is 0.109. The molecule has 0 unspecified atom stereocenters. The summed E-state index contributed by atoms with van der Waals surface area (Å²) in [4.78, 5) is 0. The van der Waals surface area contributed by atoms with Gasteiger partial charge in [0.2, 0.25) is 0 Å².